The SMILES string of the molecule is O=C(O)c1ccc(Br)cc1S(=O)Cc1cc(F)ccc1Cl. The van der Waals surface area contributed by atoms with Crippen LogP contribution in [0.4, 0.5) is 4.39 Å². The van der Waals surface area contributed by atoms with Crippen molar-refractivity contribution in [2.75, 3.05) is 0 Å². The van der Waals surface area contributed by atoms with Crippen LogP contribution >= 0.6 is 27.5 Å². The first kappa shape index (κ1) is 16.1. The van der Waals surface area contributed by atoms with E-state index in [-0.39, 0.29) is 21.2 Å². The number of carboxylic acids is 1. The predicted molar refractivity (Wildman–Crippen MR) is 82.6 cm³/mol. The van der Waals surface area contributed by atoms with Crippen molar-refractivity contribution in [3.8, 4) is 0 Å². The molecule has 1 atom stereocenters. The van der Waals surface area contributed by atoms with Gasteiger partial charge in [-0.05, 0) is 42.0 Å². The minimum Gasteiger partial charge on any atom is -0.478 e. The number of halogens is 3. The molecule has 0 aromatic heterocycles. The summed E-state index contributed by atoms with van der Waals surface area (Å²) in [7, 11) is -1.66. The average molecular weight is 392 g/mol. The molecule has 0 saturated carbocycles. The second-order valence-corrected chi connectivity index (χ2v) is 6.91. The largest absolute Gasteiger partial charge is 0.478 e. The summed E-state index contributed by atoms with van der Waals surface area (Å²) in [6, 6.07) is 8.18. The van der Waals surface area contributed by atoms with E-state index in [4.69, 9.17) is 16.7 Å². The quantitative estimate of drug-likeness (QED) is 0.848. The van der Waals surface area contributed by atoms with Gasteiger partial charge in [-0.3, -0.25) is 4.21 Å². The zero-order chi connectivity index (χ0) is 15.6. The normalized spacial score (nSPS) is 12.1. The fourth-order valence-electron chi connectivity index (χ4n) is 1.73. The first-order valence-corrected chi connectivity index (χ1v) is 8.22. The number of hydrogen-bond donors (Lipinski definition) is 1. The molecular weight excluding hydrogens is 383 g/mol. The fraction of sp³-hybridized carbons (Fsp3) is 0.0714. The van der Waals surface area contributed by atoms with Gasteiger partial charge >= 0.3 is 5.97 Å². The molecule has 0 heterocycles. The van der Waals surface area contributed by atoms with Crippen LogP contribution in [-0.4, -0.2) is 15.3 Å². The molecule has 7 heteroatoms. The van der Waals surface area contributed by atoms with Gasteiger partial charge in [0.05, 0.1) is 27.0 Å². The molecule has 2 aromatic rings. The molecule has 0 aliphatic heterocycles. The highest BCUT2D eigenvalue weighted by atomic mass is 79.9. The Balaban J connectivity index is 2.39. The summed E-state index contributed by atoms with van der Waals surface area (Å²) in [5.74, 6) is -1.72. The molecule has 2 aromatic carbocycles. The topological polar surface area (TPSA) is 54.4 Å². The lowest BCUT2D eigenvalue weighted by Gasteiger charge is -2.08. The van der Waals surface area contributed by atoms with E-state index in [1.54, 1.807) is 6.07 Å². The molecular formula is C14H9BrClFO3S. The lowest BCUT2D eigenvalue weighted by atomic mass is 10.2. The Bertz CT molecular complexity index is 736. The minimum absolute atomic E-state index is 0.0518. The number of carbonyl (C=O) groups is 1. The zero-order valence-corrected chi connectivity index (χ0v) is 13.6. The van der Waals surface area contributed by atoms with E-state index in [1.807, 2.05) is 0 Å². The van der Waals surface area contributed by atoms with Crippen LogP contribution in [0.5, 0.6) is 0 Å². The molecule has 0 amide bonds. The Morgan fingerprint density at radius 3 is 2.67 bits per heavy atom. The number of hydrogen-bond acceptors (Lipinski definition) is 2. The molecule has 2 rings (SSSR count). The summed E-state index contributed by atoms with van der Waals surface area (Å²) in [5.41, 5.74) is 0.315. The molecule has 110 valence electrons. The lowest BCUT2D eigenvalue weighted by Crippen LogP contribution is -2.06. The molecule has 3 nitrogen and oxygen atoms in total. The Morgan fingerprint density at radius 2 is 2.00 bits per heavy atom. The monoisotopic (exact) mass is 390 g/mol. The summed E-state index contributed by atoms with van der Waals surface area (Å²) in [4.78, 5) is 11.3. The summed E-state index contributed by atoms with van der Waals surface area (Å²) in [6.07, 6.45) is 0. The second kappa shape index (κ2) is 6.68. The Morgan fingerprint density at radius 1 is 1.29 bits per heavy atom. The summed E-state index contributed by atoms with van der Waals surface area (Å²) >= 11 is 9.15. The van der Waals surface area contributed by atoms with Crippen molar-refractivity contribution in [3.05, 3.63) is 62.8 Å². The third kappa shape index (κ3) is 3.90. The molecule has 1 unspecified atom stereocenters. The molecule has 1 N–H and O–H groups in total. The zero-order valence-electron chi connectivity index (χ0n) is 10.5. The van der Waals surface area contributed by atoms with Crippen LogP contribution in [-0.2, 0) is 16.6 Å². The van der Waals surface area contributed by atoms with E-state index in [2.05, 4.69) is 15.9 Å². The summed E-state index contributed by atoms with van der Waals surface area (Å²) in [5, 5.41) is 9.42. The van der Waals surface area contributed by atoms with Crippen molar-refractivity contribution in [1.29, 1.82) is 0 Å². The molecule has 0 radical (unpaired) electrons. The van der Waals surface area contributed by atoms with Crippen molar-refractivity contribution in [3.63, 3.8) is 0 Å². The molecule has 0 bridgehead atoms. The molecule has 0 aliphatic carbocycles. The van der Waals surface area contributed by atoms with Gasteiger partial charge in [-0.1, -0.05) is 27.5 Å². The van der Waals surface area contributed by atoms with Gasteiger partial charge < -0.3 is 5.11 Å². The van der Waals surface area contributed by atoms with E-state index in [9.17, 15) is 13.4 Å². The summed E-state index contributed by atoms with van der Waals surface area (Å²) in [6.45, 7) is 0. The van der Waals surface area contributed by atoms with E-state index < -0.39 is 22.6 Å². The highest BCUT2D eigenvalue weighted by Gasteiger charge is 2.17. The van der Waals surface area contributed by atoms with Gasteiger partial charge in [0.15, 0.2) is 0 Å². The molecule has 21 heavy (non-hydrogen) atoms. The number of benzene rings is 2. The van der Waals surface area contributed by atoms with E-state index in [1.165, 1.54) is 30.3 Å². The number of carboxylic acid groups (broad SMARTS) is 1. The second-order valence-electron chi connectivity index (χ2n) is 4.17. The Labute approximate surface area is 136 Å². The van der Waals surface area contributed by atoms with Crippen LogP contribution in [0, 0.1) is 5.82 Å². The van der Waals surface area contributed by atoms with Gasteiger partial charge in [0, 0.05) is 9.50 Å². The van der Waals surface area contributed by atoms with E-state index in [0.717, 1.165) is 0 Å². The number of aromatic carboxylic acids is 1. The summed E-state index contributed by atoms with van der Waals surface area (Å²) < 4.78 is 26.2. The predicted octanol–water partition coefficient (Wildman–Crippen LogP) is 4.25. The molecule has 0 spiro atoms. The van der Waals surface area contributed by atoms with Crippen molar-refractivity contribution >= 4 is 44.3 Å². The van der Waals surface area contributed by atoms with Gasteiger partial charge in [0.1, 0.15) is 5.82 Å². The van der Waals surface area contributed by atoms with Crippen molar-refractivity contribution < 1.29 is 18.5 Å². The van der Waals surface area contributed by atoms with Gasteiger partial charge in [0.25, 0.3) is 0 Å². The first-order valence-electron chi connectivity index (χ1n) is 5.73. The maximum Gasteiger partial charge on any atom is 0.336 e. The molecule has 0 saturated heterocycles. The smallest absolute Gasteiger partial charge is 0.336 e. The molecule has 0 fully saturated rings. The van der Waals surface area contributed by atoms with Gasteiger partial charge in [-0.15, -0.1) is 0 Å². The Hall–Kier alpha value is -1.24. The first-order chi connectivity index (χ1) is 9.88. The van der Waals surface area contributed by atoms with Crippen LogP contribution in [0.2, 0.25) is 5.02 Å². The maximum atomic E-state index is 13.2. The average Bonchev–Trinajstić information content (AvgIpc) is 2.42. The highest BCUT2D eigenvalue weighted by Crippen LogP contribution is 2.25. The van der Waals surface area contributed by atoms with Crippen molar-refractivity contribution in [2.24, 2.45) is 0 Å². The maximum absolute atomic E-state index is 13.2. The van der Waals surface area contributed by atoms with E-state index >= 15 is 0 Å². The van der Waals surface area contributed by atoms with Crippen LogP contribution in [0.15, 0.2) is 45.8 Å². The number of rotatable bonds is 4. The standard InChI is InChI=1S/C14H9BrClFO3S/c15-9-1-3-11(14(18)19)13(6-9)21(20)7-8-5-10(17)2-4-12(8)16/h1-6H,7H2,(H,18,19). The van der Waals surface area contributed by atoms with Crippen LogP contribution in [0.3, 0.4) is 0 Å². The van der Waals surface area contributed by atoms with Crippen LogP contribution < -0.4 is 0 Å². The lowest BCUT2D eigenvalue weighted by molar-refractivity contribution is 0.0693. The van der Waals surface area contributed by atoms with Crippen LogP contribution in [0.25, 0.3) is 0 Å². The van der Waals surface area contributed by atoms with Crippen LogP contribution in [0.1, 0.15) is 15.9 Å². The van der Waals surface area contributed by atoms with Gasteiger partial charge in [-0.25, -0.2) is 9.18 Å². The van der Waals surface area contributed by atoms with Crippen molar-refractivity contribution in [1.82, 2.24) is 0 Å². The highest BCUT2D eigenvalue weighted by molar-refractivity contribution is 9.10. The fourth-order valence-corrected chi connectivity index (χ4v) is 3.85. The Kier molecular flexibility index (Phi) is 5.13. The van der Waals surface area contributed by atoms with Gasteiger partial charge in [0.2, 0.25) is 0 Å². The molecule has 0 aliphatic rings. The third-order valence-corrected chi connectivity index (χ3v) is 4.98. The third-order valence-electron chi connectivity index (χ3n) is 2.71. The van der Waals surface area contributed by atoms with Gasteiger partial charge in [-0.2, -0.15) is 0 Å². The minimum atomic E-state index is -1.66. The van der Waals surface area contributed by atoms with E-state index in [0.29, 0.717) is 10.0 Å². The van der Waals surface area contributed by atoms with Crippen molar-refractivity contribution in [2.45, 2.75) is 10.6 Å².